The van der Waals surface area contributed by atoms with E-state index in [0.29, 0.717) is 0 Å². The van der Waals surface area contributed by atoms with Crippen LogP contribution in [0.2, 0.25) is 0 Å². The van der Waals surface area contributed by atoms with Gasteiger partial charge in [-0.1, -0.05) is 0 Å². The Morgan fingerprint density at radius 1 is 1.58 bits per heavy atom. The van der Waals surface area contributed by atoms with E-state index in [2.05, 4.69) is 19.9 Å². The molecule has 0 aliphatic carbocycles. The summed E-state index contributed by atoms with van der Waals surface area (Å²) >= 11 is 0. The lowest BCUT2D eigenvalue weighted by Crippen LogP contribution is -2.19. The fourth-order valence-electron chi connectivity index (χ4n) is 1.27. The van der Waals surface area contributed by atoms with Crippen molar-refractivity contribution in [2.45, 2.75) is 13.0 Å². The summed E-state index contributed by atoms with van der Waals surface area (Å²) in [5.41, 5.74) is 0. The van der Waals surface area contributed by atoms with Crippen LogP contribution in [0.5, 0.6) is 0 Å². The van der Waals surface area contributed by atoms with E-state index < -0.39 is 0 Å². The standard InChI is InChI=1S/C8H12N4/c1(8-10-2-3-11-8)5-12-6-4-9-7-12/h4,6-7H,1-3,5H2,(H,10,11). The Bertz CT molecular complexity index is 263. The van der Waals surface area contributed by atoms with E-state index in [-0.39, 0.29) is 0 Å². The molecular weight excluding hydrogens is 152 g/mol. The van der Waals surface area contributed by atoms with Gasteiger partial charge in [-0.15, -0.1) is 0 Å². The predicted molar refractivity (Wildman–Crippen MR) is 47.1 cm³/mol. The maximum Gasteiger partial charge on any atom is 0.0982 e. The van der Waals surface area contributed by atoms with Crippen LogP contribution in [0.25, 0.3) is 0 Å². The second-order valence-corrected chi connectivity index (χ2v) is 2.81. The molecule has 1 N–H and O–H groups in total. The summed E-state index contributed by atoms with van der Waals surface area (Å²) < 4.78 is 2.06. The lowest BCUT2D eigenvalue weighted by molar-refractivity contribution is 0.717. The second-order valence-electron chi connectivity index (χ2n) is 2.81. The van der Waals surface area contributed by atoms with E-state index in [1.165, 1.54) is 0 Å². The summed E-state index contributed by atoms with van der Waals surface area (Å²) in [5, 5.41) is 3.24. The highest BCUT2D eigenvalue weighted by Gasteiger charge is 2.03. The van der Waals surface area contributed by atoms with Gasteiger partial charge in [0.1, 0.15) is 0 Å². The molecule has 12 heavy (non-hydrogen) atoms. The molecule has 0 bridgehead atoms. The second kappa shape index (κ2) is 3.38. The van der Waals surface area contributed by atoms with Gasteiger partial charge in [0.25, 0.3) is 0 Å². The lowest BCUT2D eigenvalue weighted by Gasteiger charge is -2.02. The van der Waals surface area contributed by atoms with Crippen LogP contribution < -0.4 is 5.32 Å². The molecule has 0 amide bonds. The molecule has 0 saturated carbocycles. The van der Waals surface area contributed by atoms with E-state index in [1.807, 2.05) is 12.5 Å². The fraction of sp³-hybridized carbons (Fsp3) is 0.500. The maximum atomic E-state index is 4.31. The molecule has 2 heterocycles. The Morgan fingerprint density at radius 3 is 3.25 bits per heavy atom. The van der Waals surface area contributed by atoms with Gasteiger partial charge in [0, 0.05) is 31.9 Å². The molecular formula is C8H12N4. The van der Waals surface area contributed by atoms with Crippen molar-refractivity contribution < 1.29 is 0 Å². The Labute approximate surface area is 71.3 Å². The highest BCUT2D eigenvalue weighted by Crippen LogP contribution is 1.95. The van der Waals surface area contributed by atoms with E-state index in [1.54, 1.807) is 6.20 Å². The molecule has 1 aromatic rings. The van der Waals surface area contributed by atoms with Crippen LogP contribution in [0.4, 0.5) is 0 Å². The molecule has 0 saturated heterocycles. The number of amidine groups is 1. The summed E-state index contributed by atoms with van der Waals surface area (Å²) in [7, 11) is 0. The van der Waals surface area contributed by atoms with Crippen molar-refractivity contribution in [1.29, 1.82) is 0 Å². The summed E-state index contributed by atoms with van der Waals surface area (Å²) in [6, 6.07) is 0. The van der Waals surface area contributed by atoms with Gasteiger partial charge in [-0.05, 0) is 0 Å². The normalized spacial score (nSPS) is 15.8. The van der Waals surface area contributed by atoms with Crippen LogP contribution in [0.15, 0.2) is 23.7 Å². The molecule has 4 nitrogen and oxygen atoms in total. The minimum Gasteiger partial charge on any atom is -0.372 e. The molecule has 1 aliphatic rings. The third-order valence-corrected chi connectivity index (χ3v) is 1.91. The zero-order valence-electron chi connectivity index (χ0n) is 6.90. The van der Waals surface area contributed by atoms with Gasteiger partial charge in [0.15, 0.2) is 0 Å². The van der Waals surface area contributed by atoms with Crippen LogP contribution in [0, 0.1) is 0 Å². The quantitative estimate of drug-likeness (QED) is 0.697. The summed E-state index contributed by atoms with van der Waals surface area (Å²) in [6.45, 7) is 2.89. The van der Waals surface area contributed by atoms with Crippen molar-refractivity contribution in [2.75, 3.05) is 13.1 Å². The first kappa shape index (κ1) is 7.34. The molecule has 1 aliphatic heterocycles. The van der Waals surface area contributed by atoms with Crippen LogP contribution >= 0.6 is 0 Å². The number of hydrogen-bond donors (Lipinski definition) is 1. The number of aliphatic imine (C=N–C) groups is 1. The predicted octanol–water partition coefficient (Wildman–Crippen LogP) is 0.275. The molecule has 0 fully saturated rings. The average Bonchev–Trinajstić information content (AvgIpc) is 2.74. The summed E-state index contributed by atoms with van der Waals surface area (Å²) in [5.74, 6) is 1.13. The van der Waals surface area contributed by atoms with Crippen molar-refractivity contribution >= 4 is 5.84 Å². The van der Waals surface area contributed by atoms with Crippen LogP contribution in [-0.4, -0.2) is 28.5 Å². The summed E-state index contributed by atoms with van der Waals surface area (Å²) in [6.07, 6.45) is 6.57. The van der Waals surface area contributed by atoms with E-state index >= 15 is 0 Å². The van der Waals surface area contributed by atoms with E-state index in [4.69, 9.17) is 0 Å². The van der Waals surface area contributed by atoms with Crippen molar-refractivity contribution in [3.63, 3.8) is 0 Å². The van der Waals surface area contributed by atoms with Gasteiger partial charge >= 0.3 is 0 Å². The highest BCUT2D eigenvalue weighted by atomic mass is 15.1. The maximum absolute atomic E-state index is 4.31. The van der Waals surface area contributed by atoms with Gasteiger partial charge in [0.05, 0.1) is 18.7 Å². The number of nitrogens with zero attached hydrogens (tertiary/aromatic N) is 3. The van der Waals surface area contributed by atoms with Gasteiger partial charge < -0.3 is 9.88 Å². The number of nitrogens with one attached hydrogen (secondary N) is 1. The largest absolute Gasteiger partial charge is 0.372 e. The van der Waals surface area contributed by atoms with E-state index in [9.17, 15) is 0 Å². The third kappa shape index (κ3) is 1.64. The van der Waals surface area contributed by atoms with Crippen molar-refractivity contribution in [2.24, 2.45) is 4.99 Å². The van der Waals surface area contributed by atoms with Gasteiger partial charge in [-0.25, -0.2) is 4.98 Å². The minimum absolute atomic E-state index is 0.930. The number of rotatable bonds is 3. The van der Waals surface area contributed by atoms with Gasteiger partial charge in [-0.3, -0.25) is 4.99 Å². The minimum atomic E-state index is 0.930. The first-order chi connectivity index (χ1) is 5.95. The van der Waals surface area contributed by atoms with E-state index in [0.717, 1.165) is 31.9 Å². The highest BCUT2D eigenvalue weighted by molar-refractivity contribution is 5.83. The SMILES string of the molecule is c1cn(CCC2=NCCN2)cn1. The molecule has 0 unspecified atom stereocenters. The molecule has 0 radical (unpaired) electrons. The van der Waals surface area contributed by atoms with Crippen molar-refractivity contribution in [3.8, 4) is 0 Å². The molecule has 1 aromatic heterocycles. The van der Waals surface area contributed by atoms with Gasteiger partial charge in [0.2, 0.25) is 0 Å². The van der Waals surface area contributed by atoms with Crippen molar-refractivity contribution in [1.82, 2.24) is 14.9 Å². The zero-order valence-corrected chi connectivity index (χ0v) is 6.90. The Balaban J connectivity index is 1.82. The molecule has 0 atom stereocenters. The monoisotopic (exact) mass is 164 g/mol. The smallest absolute Gasteiger partial charge is 0.0982 e. The number of imidazole rings is 1. The molecule has 0 aromatic carbocycles. The Morgan fingerprint density at radius 2 is 2.58 bits per heavy atom. The number of hydrogen-bond acceptors (Lipinski definition) is 3. The summed E-state index contributed by atoms with van der Waals surface area (Å²) in [4.78, 5) is 8.28. The molecule has 0 spiro atoms. The van der Waals surface area contributed by atoms with Crippen LogP contribution in [0.3, 0.4) is 0 Å². The Hall–Kier alpha value is -1.32. The third-order valence-electron chi connectivity index (χ3n) is 1.91. The van der Waals surface area contributed by atoms with Crippen LogP contribution in [-0.2, 0) is 6.54 Å². The first-order valence-corrected chi connectivity index (χ1v) is 4.18. The number of aryl methyl sites for hydroxylation is 1. The first-order valence-electron chi connectivity index (χ1n) is 4.18. The van der Waals surface area contributed by atoms with Crippen LogP contribution in [0.1, 0.15) is 6.42 Å². The zero-order chi connectivity index (χ0) is 8.23. The molecule has 64 valence electrons. The van der Waals surface area contributed by atoms with Crippen molar-refractivity contribution in [3.05, 3.63) is 18.7 Å². The lowest BCUT2D eigenvalue weighted by atomic mass is 10.4. The fourth-order valence-corrected chi connectivity index (χ4v) is 1.27. The topological polar surface area (TPSA) is 42.2 Å². The molecule has 2 rings (SSSR count). The average molecular weight is 164 g/mol. The Kier molecular flexibility index (Phi) is 2.07. The van der Waals surface area contributed by atoms with Gasteiger partial charge in [-0.2, -0.15) is 0 Å². The number of aromatic nitrogens is 2. The molecule has 4 heteroatoms.